The molecule has 3 heteroatoms. The molecule has 1 aliphatic carbocycles. The van der Waals surface area contributed by atoms with Crippen LogP contribution in [0.4, 0.5) is 0 Å². The molecule has 0 amide bonds. The first-order chi connectivity index (χ1) is 9.08. The van der Waals surface area contributed by atoms with Crippen molar-refractivity contribution in [2.45, 2.75) is 57.7 Å². The summed E-state index contributed by atoms with van der Waals surface area (Å²) in [5.41, 5.74) is 1.45. The summed E-state index contributed by atoms with van der Waals surface area (Å²) >= 11 is 0. The second-order valence-electron chi connectivity index (χ2n) is 5.49. The molecule has 0 aliphatic heterocycles. The third-order valence-corrected chi connectivity index (χ3v) is 4.22. The van der Waals surface area contributed by atoms with Gasteiger partial charge in [0.2, 0.25) is 0 Å². The summed E-state index contributed by atoms with van der Waals surface area (Å²) in [4.78, 5) is 0. The van der Waals surface area contributed by atoms with Crippen LogP contribution in [0.2, 0.25) is 0 Å². The van der Waals surface area contributed by atoms with E-state index in [4.69, 9.17) is 4.74 Å². The molecule has 19 heavy (non-hydrogen) atoms. The Morgan fingerprint density at radius 3 is 2.74 bits per heavy atom. The Morgan fingerprint density at radius 2 is 2.05 bits per heavy atom. The minimum atomic E-state index is -0.755. The van der Waals surface area contributed by atoms with Crippen LogP contribution in [0, 0.1) is 0 Å². The molecular formula is C16H24O3. The van der Waals surface area contributed by atoms with Gasteiger partial charge in [0.05, 0.1) is 11.7 Å². The van der Waals surface area contributed by atoms with E-state index in [1.165, 1.54) is 5.56 Å². The molecule has 1 aromatic rings. The van der Waals surface area contributed by atoms with Crippen molar-refractivity contribution in [2.75, 3.05) is 6.61 Å². The molecule has 1 aliphatic rings. The Kier molecular flexibility index (Phi) is 4.48. The van der Waals surface area contributed by atoms with Crippen LogP contribution in [0.3, 0.4) is 0 Å². The van der Waals surface area contributed by atoms with E-state index in [1.54, 1.807) is 0 Å². The van der Waals surface area contributed by atoms with Gasteiger partial charge in [0, 0.05) is 0 Å². The number of benzene rings is 1. The molecule has 1 aromatic carbocycles. The summed E-state index contributed by atoms with van der Waals surface area (Å²) in [6.45, 7) is 4.22. The molecule has 2 N–H and O–H groups in total. The molecule has 0 heterocycles. The van der Waals surface area contributed by atoms with Crippen molar-refractivity contribution in [1.29, 1.82) is 0 Å². The van der Waals surface area contributed by atoms with Gasteiger partial charge in [-0.25, -0.2) is 0 Å². The summed E-state index contributed by atoms with van der Waals surface area (Å²) in [6, 6.07) is 5.89. The van der Waals surface area contributed by atoms with Crippen LogP contribution in [0.1, 0.15) is 56.8 Å². The van der Waals surface area contributed by atoms with E-state index in [9.17, 15) is 10.2 Å². The molecule has 0 fully saturated rings. The van der Waals surface area contributed by atoms with Crippen molar-refractivity contribution in [2.24, 2.45) is 0 Å². The molecule has 0 bridgehead atoms. The van der Waals surface area contributed by atoms with Crippen LogP contribution in [-0.4, -0.2) is 22.4 Å². The van der Waals surface area contributed by atoms with E-state index < -0.39 is 5.60 Å². The molecule has 0 unspecified atom stereocenters. The van der Waals surface area contributed by atoms with Gasteiger partial charge in [0.1, 0.15) is 12.4 Å². The van der Waals surface area contributed by atoms with E-state index >= 15 is 0 Å². The number of hydrogen-bond acceptors (Lipinski definition) is 3. The second kappa shape index (κ2) is 5.93. The summed E-state index contributed by atoms with van der Waals surface area (Å²) in [7, 11) is 0. The van der Waals surface area contributed by atoms with E-state index in [1.807, 2.05) is 32.0 Å². The quantitative estimate of drug-likeness (QED) is 0.859. The lowest BCUT2D eigenvalue weighted by atomic mass is 9.89. The summed E-state index contributed by atoms with van der Waals surface area (Å²) in [5.74, 6) is 0.736. The third kappa shape index (κ3) is 3.28. The number of aryl methyl sites for hydroxylation is 1. The predicted octanol–water partition coefficient (Wildman–Crippen LogP) is 2.99. The number of hydrogen-bond donors (Lipinski definition) is 2. The molecule has 3 nitrogen and oxygen atoms in total. The fraction of sp³-hybridized carbons (Fsp3) is 0.625. The predicted molar refractivity (Wildman–Crippen MR) is 75.4 cm³/mol. The molecule has 0 radical (unpaired) electrons. The Morgan fingerprint density at radius 1 is 1.32 bits per heavy atom. The molecule has 0 aromatic heterocycles. The minimum absolute atomic E-state index is 0.300. The topological polar surface area (TPSA) is 49.7 Å². The average molecular weight is 264 g/mol. The Hall–Kier alpha value is -1.06. The standard InChI is InChI=1S/C16H24O3/c1-3-16(18,4-2)11-19-13-9-8-12-6-5-7-15(17)14(12)10-13/h8-10,15,17-18H,3-7,11H2,1-2H3/t15-/m0/s1. The maximum absolute atomic E-state index is 10.2. The second-order valence-corrected chi connectivity index (χ2v) is 5.49. The van der Waals surface area contributed by atoms with Crippen molar-refractivity contribution in [1.82, 2.24) is 0 Å². The van der Waals surface area contributed by atoms with E-state index in [0.29, 0.717) is 19.4 Å². The average Bonchev–Trinajstić information content (AvgIpc) is 2.45. The van der Waals surface area contributed by atoms with Crippen LogP contribution in [-0.2, 0) is 6.42 Å². The maximum Gasteiger partial charge on any atom is 0.119 e. The minimum Gasteiger partial charge on any atom is -0.491 e. The lowest BCUT2D eigenvalue weighted by Crippen LogP contribution is -2.34. The molecular weight excluding hydrogens is 240 g/mol. The highest BCUT2D eigenvalue weighted by atomic mass is 16.5. The first-order valence-corrected chi connectivity index (χ1v) is 7.24. The molecule has 106 valence electrons. The lowest BCUT2D eigenvalue weighted by molar-refractivity contribution is -0.0114. The van der Waals surface area contributed by atoms with Crippen molar-refractivity contribution in [3.8, 4) is 5.75 Å². The number of rotatable bonds is 5. The number of ether oxygens (including phenoxy) is 1. The van der Waals surface area contributed by atoms with Crippen molar-refractivity contribution in [3.63, 3.8) is 0 Å². The van der Waals surface area contributed by atoms with Crippen molar-refractivity contribution in [3.05, 3.63) is 29.3 Å². The molecule has 0 spiro atoms. The van der Waals surface area contributed by atoms with E-state index in [0.717, 1.165) is 30.6 Å². The smallest absolute Gasteiger partial charge is 0.119 e. The van der Waals surface area contributed by atoms with E-state index in [-0.39, 0.29) is 6.10 Å². The number of aliphatic hydroxyl groups excluding tert-OH is 1. The van der Waals surface area contributed by atoms with Gasteiger partial charge >= 0.3 is 0 Å². The fourth-order valence-corrected chi connectivity index (χ4v) is 2.51. The van der Waals surface area contributed by atoms with Gasteiger partial charge < -0.3 is 14.9 Å². The summed E-state index contributed by atoms with van der Waals surface area (Å²) in [6.07, 6.45) is 3.88. The fourth-order valence-electron chi connectivity index (χ4n) is 2.51. The van der Waals surface area contributed by atoms with Crippen LogP contribution in [0.25, 0.3) is 0 Å². The Labute approximate surface area is 115 Å². The summed E-state index contributed by atoms with van der Waals surface area (Å²) < 4.78 is 5.71. The normalized spacial score (nSPS) is 19.1. The van der Waals surface area contributed by atoms with Gasteiger partial charge in [0.15, 0.2) is 0 Å². The van der Waals surface area contributed by atoms with Gasteiger partial charge in [-0.15, -0.1) is 0 Å². The largest absolute Gasteiger partial charge is 0.491 e. The number of fused-ring (bicyclic) bond motifs is 1. The van der Waals surface area contributed by atoms with Gasteiger partial charge in [0.25, 0.3) is 0 Å². The van der Waals surface area contributed by atoms with Gasteiger partial charge in [-0.3, -0.25) is 0 Å². The first kappa shape index (κ1) is 14.4. The Balaban J connectivity index is 2.08. The van der Waals surface area contributed by atoms with E-state index in [2.05, 4.69) is 0 Å². The van der Waals surface area contributed by atoms with Gasteiger partial charge in [-0.2, -0.15) is 0 Å². The van der Waals surface area contributed by atoms with Crippen molar-refractivity contribution < 1.29 is 14.9 Å². The molecule has 1 atom stereocenters. The zero-order valence-electron chi connectivity index (χ0n) is 11.9. The zero-order valence-corrected chi connectivity index (χ0v) is 11.9. The van der Waals surface area contributed by atoms with Crippen LogP contribution in [0.5, 0.6) is 5.75 Å². The van der Waals surface area contributed by atoms with Crippen LogP contribution < -0.4 is 4.74 Å². The van der Waals surface area contributed by atoms with Gasteiger partial charge in [-0.05, 0) is 55.4 Å². The maximum atomic E-state index is 10.2. The van der Waals surface area contributed by atoms with Crippen LogP contribution in [0.15, 0.2) is 18.2 Å². The molecule has 0 saturated heterocycles. The SMILES string of the molecule is CCC(O)(CC)COc1ccc2c(c1)[C@@H](O)CCC2. The highest BCUT2D eigenvalue weighted by molar-refractivity contribution is 5.38. The zero-order chi connectivity index (χ0) is 13.9. The van der Waals surface area contributed by atoms with Crippen LogP contribution >= 0.6 is 0 Å². The Bertz CT molecular complexity index is 424. The highest BCUT2D eigenvalue weighted by Crippen LogP contribution is 2.32. The van der Waals surface area contributed by atoms with Gasteiger partial charge in [-0.1, -0.05) is 19.9 Å². The highest BCUT2D eigenvalue weighted by Gasteiger charge is 2.24. The van der Waals surface area contributed by atoms with Crippen molar-refractivity contribution >= 4 is 0 Å². The third-order valence-electron chi connectivity index (χ3n) is 4.22. The molecule has 0 saturated carbocycles. The molecule has 2 rings (SSSR count). The monoisotopic (exact) mass is 264 g/mol. The summed E-state index contributed by atoms with van der Waals surface area (Å²) in [5, 5.41) is 20.2. The first-order valence-electron chi connectivity index (χ1n) is 7.24. The number of aliphatic hydroxyl groups is 2. The lowest BCUT2D eigenvalue weighted by Gasteiger charge is -2.26.